The summed E-state index contributed by atoms with van der Waals surface area (Å²) in [5.41, 5.74) is 2.15. The largest absolute Gasteiger partial charge is 0.480 e. The topological polar surface area (TPSA) is 67.2 Å². The van der Waals surface area contributed by atoms with Gasteiger partial charge in [0.05, 0.1) is 11.6 Å². The van der Waals surface area contributed by atoms with Gasteiger partial charge in [0.1, 0.15) is 6.04 Å². The minimum atomic E-state index is -0.786. The van der Waals surface area contributed by atoms with Crippen molar-refractivity contribution in [2.45, 2.75) is 18.3 Å². The minimum Gasteiger partial charge on any atom is -0.480 e. The van der Waals surface area contributed by atoms with Crippen molar-refractivity contribution in [2.24, 2.45) is 7.05 Å². The molecule has 1 aromatic rings. The molecule has 0 unspecified atom stereocenters. The number of rotatable bonds is 2. The van der Waals surface area contributed by atoms with Gasteiger partial charge >= 0.3 is 5.97 Å². The average molecular weight is 227 g/mol. The Morgan fingerprint density at radius 1 is 1.80 bits per heavy atom. The Kier molecular flexibility index (Phi) is 2.70. The standard InChI is InChI=1S/C9H13N3O2S/c1-5-6(3-10-12(5)2)8-11-7(4-15-8)9(13)14/h3,7-8,11H,4H2,1-2H3,(H,13,14)/t7-,8-/m1/s1. The SMILES string of the molecule is Cc1c([C@@H]2N[C@@H](C(=O)O)CS2)cnn1C. The molecular weight excluding hydrogens is 214 g/mol. The number of hydrogen-bond acceptors (Lipinski definition) is 4. The lowest BCUT2D eigenvalue weighted by Crippen LogP contribution is -2.33. The molecule has 2 atom stereocenters. The molecule has 0 saturated carbocycles. The van der Waals surface area contributed by atoms with E-state index in [1.807, 2.05) is 14.0 Å². The summed E-state index contributed by atoms with van der Waals surface area (Å²) < 4.78 is 1.80. The van der Waals surface area contributed by atoms with Gasteiger partial charge in [-0.2, -0.15) is 5.10 Å². The fourth-order valence-corrected chi connectivity index (χ4v) is 2.86. The van der Waals surface area contributed by atoms with Crippen LogP contribution in [0, 0.1) is 6.92 Å². The summed E-state index contributed by atoms with van der Waals surface area (Å²) in [5.74, 6) is -0.180. The fraction of sp³-hybridized carbons (Fsp3) is 0.556. The van der Waals surface area contributed by atoms with Crippen LogP contribution in [0.3, 0.4) is 0 Å². The predicted molar refractivity (Wildman–Crippen MR) is 57.7 cm³/mol. The second-order valence-corrected chi connectivity index (χ2v) is 4.72. The van der Waals surface area contributed by atoms with E-state index < -0.39 is 12.0 Å². The maximum Gasteiger partial charge on any atom is 0.321 e. The number of nitrogens with zero attached hydrogens (tertiary/aromatic N) is 2. The third kappa shape index (κ3) is 1.87. The summed E-state index contributed by atoms with van der Waals surface area (Å²) in [4.78, 5) is 10.8. The van der Waals surface area contributed by atoms with Crippen molar-refractivity contribution < 1.29 is 9.90 Å². The summed E-state index contributed by atoms with van der Waals surface area (Å²) in [7, 11) is 1.88. The van der Waals surface area contributed by atoms with E-state index in [2.05, 4.69) is 10.4 Å². The Hall–Kier alpha value is -1.01. The van der Waals surface area contributed by atoms with Crippen molar-refractivity contribution in [2.75, 3.05) is 5.75 Å². The lowest BCUT2D eigenvalue weighted by atomic mass is 10.2. The second-order valence-electron chi connectivity index (χ2n) is 3.58. The lowest BCUT2D eigenvalue weighted by Gasteiger charge is -2.10. The second kappa shape index (κ2) is 3.86. The first-order chi connectivity index (χ1) is 7.09. The monoisotopic (exact) mass is 227 g/mol. The van der Waals surface area contributed by atoms with Crippen molar-refractivity contribution in [3.05, 3.63) is 17.5 Å². The third-order valence-electron chi connectivity index (χ3n) is 2.64. The van der Waals surface area contributed by atoms with E-state index in [0.717, 1.165) is 11.3 Å². The Morgan fingerprint density at radius 2 is 2.53 bits per heavy atom. The maximum atomic E-state index is 10.8. The van der Waals surface area contributed by atoms with Gasteiger partial charge in [-0.3, -0.25) is 14.8 Å². The molecule has 1 aliphatic rings. The van der Waals surface area contributed by atoms with Gasteiger partial charge in [-0.05, 0) is 6.92 Å². The van der Waals surface area contributed by atoms with E-state index in [4.69, 9.17) is 5.11 Å². The Morgan fingerprint density at radius 3 is 3.00 bits per heavy atom. The molecule has 1 fully saturated rings. The Bertz CT molecular complexity index is 391. The summed E-state index contributed by atoms with van der Waals surface area (Å²) in [6.45, 7) is 1.98. The van der Waals surface area contributed by atoms with E-state index in [1.54, 1.807) is 22.6 Å². The third-order valence-corrected chi connectivity index (χ3v) is 3.89. The van der Waals surface area contributed by atoms with Gasteiger partial charge < -0.3 is 5.11 Å². The predicted octanol–water partition coefficient (Wildman–Crippen LogP) is 0.517. The number of nitrogens with one attached hydrogen (secondary N) is 1. The molecule has 0 spiro atoms. The number of hydrogen-bond donors (Lipinski definition) is 2. The van der Waals surface area contributed by atoms with Crippen LogP contribution >= 0.6 is 11.8 Å². The van der Waals surface area contributed by atoms with Gasteiger partial charge in [-0.1, -0.05) is 0 Å². The number of carbonyl (C=O) groups is 1. The zero-order valence-corrected chi connectivity index (χ0v) is 9.41. The molecule has 0 aromatic carbocycles. The molecule has 82 valence electrons. The van der Waals surface area contributed by atoms with Crippen LogP contribution in [0.2, 0.25) is 0 Å². The lowest BCUT2D eigenvalue weighted by molar-refractivity contribution is -0.138. The molecule has 2 rings (SSSR count). The first kappa shape index (κ1) is 10.5. The van der Waals surface area contributed by atoms with Crippen LogP contribution in [0.25, 0.3) is 0 Å². The number of thioether (sulfide) groups is 1. The molecule has 15 heavy (non-hydrogen) atoms. The van der Waals surface area contributed by atoms with Crippen molar-refractivity contribution in [3.63, 3.8) is 0 Å². The molecular formula is C9H13N3O2S. The Balaban J connectivity index is 2.14. The summed E-state index contributed by atoms with van der Waals surface area (Å²) >= 11 is 1.61. The van der Waals surface area contributed by atoms with Crippen LogP contribution in [-0.4, -0.2) is 32.7 Å². The van der Waals surface area contributed by atoms with E-state index in [0.29, 0.717) is 5.75 Å². The average Bonchev–Trinajstić information content (AvgIpc) is 2.76. The van der Waals surface area contributed by atoms with Gasteiger partial charge in [0.15, 0.2) is 0 Å². The van der Waals surface area contributed by atoms with Crippen LogP contribution in [0.1, 0.15) is 16.6 Å². The van der Waals surface area contributed by atoms with Crippen LogP contribution < -0.4 is 5.32 Å². The van der Waals surface area contributed by atoms with Crippen molar-refractivity contribution in [3.8, 4) is 0 Å². The molecule has 1 saturated heterocycles. The highest BCUT2D eigenvalue weighted by Crippen LogP contribution is 2.34. The highest BCUT2D eigenvalue weighted by Gasteiger charge is 2.31. The van der Waals surface area contributed by atoms with Crippen molar-refractivity contribution >= 4 is 17.7 Å². The molecule has 1 aliphatic heterocycles. The van der Waals surface area contributed by atoms with E-state index in [-0.39, 0.29) is 5.37 Å². The molecule has 0 radical (unpaired) electrons. The molecule has 2 heterocycles. The summed E-state index contributed by atoms with van der Waals surface area (Å²) in [6, 6.07) is -0.445. The number of aromatic nitrogens is 2. The van der Waals surface area contributed by atoms with E-state index in [1.165, 1.54) is 0 Å². The van der Waals surface area contributed by atoms with Gasteiger partial charge in [0.2, 0.25) is 0 Å². The van der Waals surface area contributed by atoms with Gasteiger partial charge in [-0.25, -0.2) is 0 Å². The molecule has 0 aliphatic carbocycles. The first-order valence-corrected chi connectivity index (χ1v) is 5.73. The van der Waals surface area contributed by atoms with Crippen molar-refractivity contribution in [1.29, 1.82) is 0 Å². The minimum absolute atomic E-state index is 0.0554. The first-order valence-electron chi connectivity index (χ1n) is 4.68. The zero-order chi connectivity index (χ0) is 11.0. The molecule has 2 N–H and O–H groups in total. The van der Waals surface area contributed by atoms with E-state index in [9.17, 15) is 4.79 Å². The van der Waals surface area contributed by atoms with Crippen LogP contribution in [-0.2, 0) is 11.8 Å². The maximum absolute atomic E-state index is 10.8. The van der Waals surface area contributed by atoms with Crippen LogP contribution in [0.4, 0.5) is 0 Å². The number of aryl methyl sites for hydroxylation is 1. The zero-order valence-electron chi connectivity index (χ0n) is 8.60. The molecule has 1 aromatic heterocycles. The Labute approximate surface area is 91.9 Å². The van der Waals surface area contributed by atoms with Gasteiger partial charge in [0.25, 0.3) is 0 Å². The number of aliphatic carboxylic acids is 1. The van der Waals surface area contributed by atoms with Crippen molar-refractivity contribution in [1.82, 2.24) is 15.1 Å². The molecule has 0 bridgehead atoms. The summed E-state index contributed by atoms with van der Waals surface area (Å²) in [5, 5.41) is 16.1. The highest BCUT2D eigenvalue weighted by atomic mass is 32.2. The smallest absolute Gasteiger partial charge is 0.321 e. The number of carboxylic acids is 1. The molecule has 6 heteroatoms. The normalized spacial score (nSPS) is 25.7. The quantitative estimate of drug-likeness (QED) is 0.771. The number of carboxylic acid groups (broad SMARTS) is 1. The summed E-state index contributed by atoms with van der Waals surface area (Å²) in [6.07, 6.45) is 1.80. The molecule has 0 amide bonds. The van der Waals surface area contributed by atoms with E-state index >= 15 is 0 Å². The fourth-order valence-electron chi connectivity index (χ4n) is 1.57. The van der Waals surface area contributed by atoms with Crippen LogP contribution in [0.5, 0.6) is 0 Å². The van der Waals surface area contributed by atoms with Gasteiger partial charge in [0, 0.05) is 24.1 Å². The van der Waals surface area contributed by atoms with Crippen LogP contribution in [0.15, 0.2) is 6.20 Å². The molecule has 5 nitrogen and oxygen atoms in total. The highest BCUT2D eigenvalue weighted by molar-refractivity contribution is 7.99. The van der Waals surface area contributed by atoms with Gasteiger partial charge in [-0.15, -0.1) is 11.8 Å².